The van der Waals surface area contributed by atoms with Crippen molar-refractivity contribution >= 4 is 28.2 Å². The topological polar surface area (TPSA) is 43.8 Å². The lowest BCUT2D eigenvalue weighted by molar-refractivity contribution is 0.698. The number of hydrogen-bond donors (Lipinski definition) is 1. The highest BCUT2D eigenvalue weighted by Crippen LogP contribution is 2.21. The van der Waals surface area contributed by atoms with Gasteiger partial charge in [0.15, 0.2) is 0 Å². The van der Waals surface area contributed by atoms with Crippen molar-refractivity contribution in [1.29, 1.82) is 0 Å². The van der Waals surface area contributed by atoms with Crippen molar-refractivity contribution < 1.29 is 0 Å². The van der Waals surface area contributed by atoms with Gasteiger partial charge in [-0.3, -0.25) is 0 Å². The molecule has 1 aromatic heterocycles. The summed E-state index contributed by atoms with van der Waals surface area (Å²) in [5.41, 5.74) is 10.4. The van der Waals surface area contributed by atoms with E-state index in [0.29, 0.717) is 4.99 Å². The van der Waals surface area contributed by atoms with E-state index in [9.17, 15) is 0 Å². The van der Waals surface area contributed by atoms with Gasteiger partial charge in [-0.15, -0.1) is 0 Å². The lowest BCUT2D eigenvalue weighted by Crippen LogP contribution is -2.13. The van der Waals surface area contributed by atoms with Gasteiger partial charge in [-0.05, 0) is 37.1 Å². The number of aromatic nitrogens is 2. The van der Waals surface area contributed by atoms with Crippen LogP contribution in [0.4, 0.5) is 0 Å². The molecule has 0 radical (unpaired) electrons. The third kappa shape index (κ3) is 2.38. The highest BCUT2D eigenvalue weighted by molar-refractivity contribution is 7.80. The van der Waals surface area contributed by atoms with Crippen molar-refractivity contribution in [3.63, 3.8) is 0 Å². The summed E-state index contributed by atoms with van der Waals surface area (Å²) in [5.74, 6) is 1.10. The van der Waals surface area contributed by atoms with Gasteiger partial charge < -0.3 is 10.3 Å². The Morgan fingerprint density at radius 3 is 2.61 bits per heavy atom. The Morgan fingerprint density at radius 1 is 1.33 bits per heavy atom. The van der Waals surface area contributed by atoms with Gasteiger partial charge in [-0.1, -0.05) is 19.1 Å². The highest BCUT2D eigenvalue weighted by Gasteiger charge is 2.10. The maximum absolute atomic E-state index is 5.60. The van der Waals surface area contributed by atoms with Gasteiger partial charge in [0, 0.05) is 19.4 Å². The molecule has 3 nitrogen and oxygen atoms in total. The van der Waals surface area contributed by atoms with E-state index in [2.05, 4.69) is 42.5 Å². The van der Waals surface area contributed by atoms with Crippen LogP contribution in [0.15, 0.2) is 12.1 Å². The van der Waals surface area contributed by atoms with E-state index in [1.807, 2.05) is 0 Å². The number of benzene rings is 1. The second-order valence-electron chi connectivity index (χ2n) is 4.67. The molecule has 96 valence electrons. The van der Waals surface area contributed by atoms with Crippen LogP contribution >= 0.6 is 12.2 Å². The minimum Gasteiger partial charge on any atom is -0.393 e. The number of rotatable bonds is 4. The Bertz CT molecular complexity index is 599. The molecule has 0 atom stereocenters. The molecule has 4 heteroatoms. The number of thiocarbonyl (C=S) groups is 1. The fraction of sp³-hybridized carbons (Fsp3) is 0.429. The summed E-state index contributed by atoms with van der Waals surface area (Å²) in [6, 6.07) is 4.36. The monoisotopic (exact) mass is 261 g/mol. The van der Waals surface area contributed by atoms with Gasteiger partial charge >= 0.3 is 0 Å². The molecule has 0 saturated carbocycles. The predicted molar refractivity (Wildman–Crippen MR) is 80.0 cm³/mol. The van der Waals surface area contributed by atoms with E-state index in [4.69, 9.17) is 18.0 Å². The molecule has 0 aliphatic carbocycles. The van der Waals surface area contributed by atoms with Gasteiger partial charge in [0.1, 0.15) is 5.82 Å². The average Bonchev–Trinajstić information content (AvgIpc) is 2.64. The molecular weight excluding hydrogens is 242 g/mol. The SMILES string of the molecule is CCc1nc2cc(C)c(C)cc2n1CCC(N)=S. The zero-order chi connectivity index (χ0) is 13.3. The largest absolute Gasteiger partial charge is 0.393 e. The third-order valence-electron chi connectivity index (χ3n) is 3.34. The minimum atomic E-state index is 0.558. The summed E-state index contributed by atoms with van der Waals surface area (Å²) < 4.78 is 2.24. The van der Waals surface area contributed by atoms with Gasteiger partial charge in [-0.2, -0.15) is 0 Å². The van der Waals surface area contributed by atoms with E-state index in [1.54, 1.807) is 0 Å². The number of fused-ring (bicyclic) bond motifs is 1. The maximum Gasteiger partial charge on any atom is 0.109 e. The lowest BCUT2D eigenvalue weighted by Gasteiger charge is -2.08. The lowest BCUT2D eigenvalue weighted by atomic mass is 10.1. The number of hydrogen-bond acceptors (Lipinski definition) is 2. The maximum atomic E-state index is 5.60. The molecule has 0 spiro atoms. The number of imidazole rings is 1. The van der Waals surface area contributed by atoms with Crippen LogP contribution in [0.1, 0.15) is 30.3 Å². The fourth-order valence-corrected chi connectivity index (χ4v) is 2.26. The number of nitrogens with two attached hydrogens (primary N) is 1. The predicted octanol–water partition coefficient (Wildman–Crippen LogP) is 2.89. The van der Waals surface area contributed by atoms with E-state index in [-0.39, 0.29) is 0 Å². The normalized spacial score (nSPS) is 11.1. The van der Waals surface area contributed by atoms with Gasteiger partial charge in [0.05, 0.1) is 16.0 Å². The molecule has 2 N–H and O–H groups in total. The highest BCUT2D eigenvalue weighted by atomic mass is 32.1. The first-order chi connectivity index (χ1) is 8.52. The zero-order valence-electron chi connectivity index (χ0n) is 11.2. The zero-order valence-corrected chi connectivity index (χ0v) is 12.0. The number of nitrogens with zero attached hydrogens (tertiary/aromatic N) is 2. The molecule has 2 rings (SSSR count). The summed E-state index contributed by atoms with van der Waals surface area (Å²) >= 11 is 4.96. The molecule has 1 heterocycles. The van der Waals surface area contributed by atoms with Crippen molar-refractivity contribution in [1.82, 2.24) is 9.55 Å². The Morgan fingerprint density at radius 2 is 2.00 bits per heavy atom. The van der Waals surface area contributed by atoms with Crippen molar-refractivity contribution in [2.24, 2.45) is 5.73 Å². The van der Waals surface area contributed by atoms with Crippen molar-refractivity contribution in [3.05, 3.63) is 29.1 Å². The molecule has 0 aliphatic heterocycles. The number of aryl methyl sites for hydroxylation is 4. The first-order valence-electron chi connectivity index (χ1n) is 6.27. The van der Waals surface area contributed by atoms with Crippen LogP contribution in [-0.4, -0.2) is 14.5 Å². The summed E-state index contributed by atoms with van der Waals surface area (Å²) in [7, 11) is 0. The Hall–Kier alpha value is -1.42. The molecule has 2 aromatic rings. The van der Waals surface area contributed by atoms with Gasteiger partial charge in [0.2, 0.25) is 0 Å². The summed E-state index contributed by atoms with van der Waals surface area (Å²) in [6.45, 7) is 7.19. The average molecular weight is 261 g/mol. The van der Waals surface area contributed by atoms with Crippen molar-refractivity contribution in [3.8, 4) is 0 Å². The Labute approximate surface area is 113 Å². The van der Waals surface area contributed by atoms with Crippen molar-refractivity contribution in [2.45, 2.75) is 40.2 Å². The first kappa shape index (κ1) is 13.0. The van der Waals surface area contributed by atoms with Gasteiger partial charge in [0.25, 0.3) is 0 Å². The molecule has 0 amide bonds. The molecular formula is C14H19N3S. The van der Waals surface area contributed by atoms with Crippen LogP contribution in [0.5, 0.6) is 0 Å². The van der Waals surface area contributed by atoms with Crippen LogP contribution in [0, 0.1) is 13.8 Å². The van der Waals surface area contributed by atoms with E-state index < -0.39 is 0 Å². The summed E-state index contributed by atoms with van der Waals surface area (Å²) in [4.78, 5) is 5.25. The van der Waals surface area contributed by atoms with Gasteiger partial charge in [-0.25, -0.2) is 4.98 Å². The molecule has 0 bridgehead atoms. The smallest absolute Gasteiger partial charge is 0.109 e. The minimum absolute atomic E-state index is 0.558. The van der Waals surface area contributed by atoms with E-state index >= 15 is 0 Å². The van der Waals surface area contributed by atoms with Crippen LogP contribution in [0.3, 0.4) is 0 Å². The summed E-state index contributed by atoms with van der Waals surface area (Å²) in [6.07, 6.45) is 1.64. The first-order valence-corrected chi connectivity index (χ1v) is 6.68. The second-order valence-corrected chi connectivity index (χ2v) is 5.20. The van der Waals surface area contributed by atoms with E-state index in [1.165, 1.54) is 16.6 Å². The van der Waals surface area contributed by atoms with Crippen molar-refractivity contribution in [2.75, 3.05) is 0 Å². The Balaban J connectivity index is 2.53. The molecule has 0 unspecified atom stereocenters. The fourth-order valence-electron chi connectivity index (χ4n) is 2.17. The second kappa shape index (κ2) is 5.06. The third-order valence-corrected chi connectivity index (χ3v) is 3.54. The van der Waals surface area contributed by atoms with Crippen LogP contribution in [0.25, 0.3) is 11.0 Å². The molecule has 1 aromatic carbocycles. The Kier molecular flexibility index (Phi) is 3.66. The molecule has 0 aliphatic rings. The standard InChI is InChI=1S/C14H19N3S/c1-4-14-16-11-7-9(2)10(3)8-12(11)17(14)6-5-13(15)18/h7-8H,4-6H2,1-3H3,(H2,15,18). The quantitative estimate of drug-likeness (QED) is 0.861. The molecule has 18 heavy (non-hydrogen) atoms. The molecule has 0 fully saturated rings. The van der Waals surface area contributed by atoms with E-state index in [0.717, 1.165) is 30.7 Å². The molecule has 0 saturated heterocycles. The van der Waals surface area contributed by atoms with Crippen LogP contribution in [0.2, 0.25) is 0 Å². The summed E-state index contributed by atoms with van der Waals surface area (Å²) in [5, 5.41) is 0. The van der Waals surface area contributed by atoms with Crippen LogP contribution in [-0.2, 0) is 13.0 Å². The van der Waals surface area contributed by atoms with Crippen LogP contribution < -0.4 is 5.73 Å².